The van der Waals surface area contributed by atoms with Gasteiger partial charge < -0.3 is 5.32 Å². The number of anilines is 1. The van der Waals surface area contributed by atoms with Gasteiger partial charge in [-0.2, -0.15) is 0 Å². The molecule has 0 saturated heterocycles. The highest BCUT2D eigenvalue weighted by Gasteiger charge is 2.14. The van der Waals surface area contributed by atoms with Crippen molar-refractivity contribution in [2.24, 2.45) is 0 Å². The van der Waals surface area contributed by atoms with Gasteiger partial charge in [0.15, 0.2) is 0 Å². The minimum absolute atomic E-state index is 0.750. The van der Waals surface area contributed by atoms with Crippen LogP contribution in [-0.4, -0.2) is 12.0 Å². The quantitative estimate of drug-likeness (QED) is 0.702. The molecule has 1 aromatic heterocycles. The van der Waals surface area contributed by atoms with E-state index in [1.807, 2.05) is 44.3 Å². The minimum Gasteiger partial charge on any atom is -0.387 e. The lowest BCUT2D eigenvalue weighted by Crippen LogP contribution is -2.00. The number of halogens is 1. The third-order valence-corrected chi connectivity index (χ3v) is 4.29. The predicted octanol–water partition coefficient (Wildman–Crippen LogP) is 5.21. The van der Waals surface area contributed by atoms with Crippen molar-refractivity contribution in [1.82, 2.24) is 4.98 Å². The second-order valence-corrected chi connectivity index (χ2v) is 5.55. The van der Waals surface area contributed by atoms with Crippen LogP contribution in [-0.2, 0) is 0 Å². The average molecular weight is 297 g/mol. The molecule has 0 aliphatic carbocycles. The monoisotopic (exact) mass is 296 g/mol. The molecule has 21 heavy (non-hydrogen) atoms. The van der Waals surface area contributed by atoms with Crippen molar-refractivity contribution in [1.29, 1.82) is 0 Å². The van der Waals surface area contributed by atoms with Gasteiger partial charge in [-0.15, -0.1) is 0 Å². The maximum Gasteiger partial charge on any atom is 0.0774 e. The number of rotatable bonds is 2. The molecule has 1 heterocycles. The van der Waals surface area contributed by atoms with E-state index in [-0.39, 0.29) is 0 Å². The van der Waals surface area contributed by atoms with Crippen molar-refractivity contribution in [2.45, 2.75) is 13.8 Å². The molecular formula is C18H17ClN2. The fourth-order valence-corrected chi connectivity index (χ4v) is 2.89. The second-order valence-electron chi connectivity index (χ2n) is 5.14. The van der Waals surface area contributed by atoms with Crippen molar-refractivity contribution in [3.05, 3.63) is 58.6 Å². The maximum absolute atomic E-state index is 6.26. The van der Waals surface area contributed by atoms with Gasteiger partial charge in [0.05, 0.1) is 11.2 Å². The first-order valence-electron chi connectivity index (χ1n) is 6.96. The van der Waals surface area contributed by atoms with E-state index in [4.69, 9.17) is 16.6 Å². The Morgan fingerprint density at radius 1 is 0.952 bits per heavy atom. The fraction of sp³-hybridized carbons (Fsp3) is 0.167. The van der Waals surface area contributed by atoms with E-state index in [2.05, 4.69) is 24.4 Å². The second kappa shape index (κ2) is 5.38. The van der Waals surface area contributed by atoms with Gasteiger partial charge >= 0.3 is 0 Å². The first kappa shape index (κ1) is 13.9. The highest BCUT2D eigenvalue weighted by molar-refractivity contribution is 6.32. The van der Waals surface area contributed by atoms with Gasteiger partial charge in [0.2, 0.25) is 0 Å². The summed E-state index contributed by atoms with van der Waals surface area (Å²) in [6.07, 6.45) is 0. The number of aryl methyl sites for hydroxylation is 1. The van der Waals surface area contributed by atoms with Crippen molar-refractivity contribution in [2.75, 3.05) is 12.4 Å². The van der Waals surface area contributed by atoms with E-state index in [1.54, 1.807) is 0 Å². The third-order valence-electron chi connectivity index (χ3n) is 3.89. The van der Waals surface area contributed by atoms with E-state index in [1.165, 1.54) is 0 Å². The summed E-state index contributed by atoms with van der Waals surface area (Å²) in [5, 5.41) is 5.17. The Morgan fingerprint density at radius 3 is 2.33 bits per heavy atom. The SMILES string of the molecule is CNc1c(C)c(-c2ccccc2)nc2c(C)c(Cl)ccc12. The molecule has 0 aliphatic rings. The predicted molar refractivity (Wildman–Crippen MR) is 91.2 cm³/mol. The van der Waals surface area contributed by atoms with Crippen molar-refractivity contribution < 1.29 is 0 Å². The molecule has 0 atom stereocenters. The molecule has 106 valence electrons. The normalized spacial score (nSPS) is 10.9. The zero-order valence-corrected chi connectivity index (χ0v) is 13.1. The number of aromatic nitrogens is 1. The molecule has 0 radical (unpaired) electrons. The zero-order valence-electron chi connectivity index (χ0n) is 12.4. The molecular weight excluding hydrogens is 280 g/mol. The lowest BCUT2D eigenvalue weighted by Gasteiger charge is -2.16. The molecule has 0 fully saturated rings. The standard InChI is InChI=1S/C18H17ClN2/c1-11-15(19)10-9-14-17(20-3)12(2)16(21-18(11)14)13-7-5-4-6-8-13/h4-10H,1-3H3,(H,20,21). The minimum atomic E-state index is 0.750. The van der Waals surface area contributed by atoms with E-state index in [0.29, 0.717) is 0 Å². The largest absolute Gasteiger partial charge is 0.387 e. The lowest BCUT2D eigenvalue weighted by atomic mass is 10.0. The smallest absolute Gasteiger partial charge is 0.0774 e. The van der Waals surface area contributed by atoms with Crippen LogP contribution < -0.4 is 5.32 Å². The number of hydrogen-bond donors (Lipinski definition) is 1. The first-order chi connectivity index (χ1) is 10.1. The van der Waals surface area contributed by atoms with Crippen LogP contribution in [0.5, 0.6) is 0 Å². The Balaban J connectivity index is 2.42. The molecule has 2 nitrogen and oxygen atoms in total. The molecule has 0 spiro atoms. The highest BCUT2D eigenvalue weighted by Crippen LogP contribution is 2.35. The van der Waals surface area contributed by atoms with Crippen LogP contribution in [0.4, 0.5) is 5.69 Å². The van der Waals surface area contributed by atoms with Gasteiger partial charge in [-0.25, -0.2) is 4.98 Å². The zero-order chi connectivity index (χ0) is 15.0. The van der Waals surface area contributed by atoms with Crippen molar-refractivity contribution in [3.63, 3.8) is 0 Å². The van der Waals surface area contributed by atoms with Crippen molar-refractivity contribution in [3.8, 4) is 11.3 Å². The van der Waals surface area contributed by atoms with Crippen LogP contribution in [0.15, 0.2) is 42.5 Å². The van der Waals surface area contributed by atoms with E-state index in [9.17, 15) is 0 Å². The molecule has 3 rings (SSSR count). The summed E-state index contributed by atoms with van der Waals surface area (Å²) in [7, 11) is 1.94. The van der Waals surface area contributed by atoms with Gasteiger partial charge in [-0.1, -0.05) is 41.9 Å². The van der Waals surface area contributed by atoms with Gasteiger partial charge in [0.25, 0.3) is 0 Å². The fourth-order valence-electron chi connectivity index (χ4n) is 2.74. The molecule has 3 heteroatoms. The van der Waals surface area contributed by atoms with E-state index < -0.39 is 0 Å². The number of fused-ring (bicyclic) bond motifs is 1. The first-order valence-corrected chi connectivity index (χ1v) is 7.34. The number of hydrogen-bond acceptors (Lipinski definition) is 2. The Bertz CT molecular complexity index is 811. The Labute approximate surface area is 129 Å². The van der Waals surface area contributed by atoms with Crippen molar-refractivity contribution >= 4 is 28.2 Å². The summed E-state index contributed by atoms with van der Waals surface area (Å²) in [6, 6.07) is 14.2. The Hall–Kier alpha value is -2.06. The molecule has 0 amide bonds. The number of pyridine rings is 1. The molecule has 0 aliphatic heterocycles. The van der Waals surface area contributed by atoms with Gasteiger partial charge in [-0.3, -0.25) is 0 Å². The summed E-state index contributed by atoms with van der Waals surface area (Å²) in [4.78, 5) is 4.89. The molecule has 0 bridgehead atoms. The average Bonchev–Trinajstić information content (AvgIpc) is 2.51. The summed E-state index contributed by atoms with van der Waals surface area (Å²) in [5.41, 5.74) is 6.35. The molecule has 0 unspecified atom stereocenters. The molecule has 1 N–H and O–H groups in total. The maximum atomic E-state index is 6.26. The molecule has 2 aromatic carbocycles. The van der Waals surface area contributed by atoms with E-state index in [0.717, 1.165) is 44.0 Å². The Kier molecular flexibility index (Phi) is 3.56. The summed E-state index contributed by atoms with van der Waals surface area (Å²) in [5.74, 6) is 0. The van der Waals surface area contributed by atoms with Gasteiger partial charge in [0.1, 0.15) is 0 Å². The third kappa shape index (κ3) is 2.26. The van der Waals surface area contributed by atoms with Crippen LogP contribution >= 0.6 is 11.6 Å². The molecule has 0 saturated carbocycles. The van der Waals surface area contributed by atoms with Crippen LogP contribution in [0, 0.1) is 13.8 Å². The highest BCUT2D eigenvalue weighted by atomic mass is 35.5. The van der Waals surface area contributed by atoms with E-state index >= 15 is 0 Å². The summed E-state index contributed by atoms with van der Waals surface area (Å²) in [6.45, 7) is 4.12. The van der Waals surface area contributed by atoms with Crippen LogP contribution in [0.3, 0.4) is 0 Å². The van der Waals surface area contributed by atoms with Crippen LogP contribution in [0.25, 0.3) is 22.2 Å². The lowest BCUT2D eigenvalue weighted by molar-refractivity contribution is 1.30. The summed E-state index contributed by atoms with van der Waals surface area (Å²) >= 11 is 6.26. The number of benzene rings is 2. The summed E-state index contributed by atoms with van der Waals surface area (Å²) < 4.78 is 0. The van der Waals surface area contributed by atoms with Gasteiger partial charge in [-0.05, 0) is 37.1 Å². The molecule has 3 aromatic rings. The topological polar surface area (TPSA) is 24.9 Å². The van der Waals surface area contributed by atoms with Gasteiger partial charge in [0, 0.05) is 28.7 Å². The number of nitrogens with one attached hydrogen (secondary N) is 1. The number of nitrogens with zero attached hydrogens (tertiary/aromatic N) is 1. The Morgan fingerprint density at radius 2 is 1.67 bits per heavy atom. The van der Waals surface area contributed by atoms with Crippen LogP contribution in [0.1, 0.15) is 11.1 Å². The van der Waals surface area contributed by atoms with Crippen LogP contribution in [0.2, 0.25) is 5.02 Å².